The van der Waals surface area contributed by atoms with Crippen LogP contribution in [0.2, 0.25) is 5.02 Å². The van der Waals surface area contributed by atoms with Gasteiger partial charge >= 0.3 is 5.97 Å². The fraction of sp³-hybridized carbons (Fsp3) is 0.185. The molecule has 1 aliphatic rings. The summed E-state index contributed by atoms with van der Waals surface area (Å²) in [4.78, 5) is 25.1. The second kappa shape index (κ2) is 12.4. The highest BCUT2D eigenvalue weighted by atomic mass is 35.5. The Kier molecular flexibility index (Phi) is 8.77. The first-order valence-corrected chi connectivity index (χ1v) is 12.5. The van der Waals surface area contributed by atoms with Crippen LogP contribution in [0.4, 0.5) is 0 Å². The number of nitrogens with zero attached hydrogens (tertiary/aromatic N) is 1. The summed E-state index contributed by atoms with van der Waals surface area (Å²) in [5.74, 6) is 0.556. The Labute approximate surface area is 229 Å². The number of para-hydroxylation sites is 1. The van der Waals surface area contributed by atoms with Crippen molar-refractivity contribution in [2.24, 2.45) is 5.10 Å². The van der Waals surface area contributed by atoms with Gasteiger partial charge in [0, 0.05) is 21.8 Å². The summed E-state index contributed by atoms with van der Waals surface area (Å²) in [5.41, 5.74) is 4.86. The van der Waals surface area contributed by atoms with Gasteiger partial charge in [0.2, 0.25) is 0 Å². The maximum Gasteiger partial charge on any atom is 0.338 e. The molecular weight excluding hydrogens is 528 g/mol. The number of furan rings is 1. The predicted octanol–water partition coefficient (Wildman–Crippen LogP) is 4.49. The van der Waals surface area contributed by atoms with Gasteiger partial charge in [-0.25, -0.2) is 10.2 Å². The van der Waals surface area contributed by atoms with Crippen molar-refractivity contribution in [3.8, 4) is 17.1 Å². The van der Waals surface area contributed by atoms with Crippen LogP contribution in [0.5, 0.6) is 5.75 Å². The van der Waals surface area contributed by atoms with Crippen LogP contribution in [0, 0.1) is 0 Å². The number of allylic oxidation sites excluding steroid dienone is 1. The molecule has 0 saturated heterocycles. The lowest BCUT2D eigenvalue weighted by Crippen LogP contribution is -2.45. The van der Waals surface area contributed by atoms with Crippen LogP contribution in [-0.2, 0) is 14.3 Å². The summed E-state index contributed by atoms with van der Waals surface area (Å²) < 4.78 is 16.7. The van der Waals surface area contributed by atoms with Crippen molar-refractivity contribution in [3.05, 3.63) is 88.3 Å². The van der Waals surface area contributed by atoms with Gasteiger partial charge in [-0.05, 0) is 68.5 Å². The van der Waals surface area contributed by atoms with E-state index in [9.17, 15) is 9.59 Å². The summed E-state index contributed by atoms with van der Waals surface area (Å²) in [6.45, 7) is 3.40. The molecule has 0 radical (unpaired) electrons. The van der Waals surface area contributed by atoms with Crippen molar-refractivity contribution in [3.63, 3.8) is 0 Å². The summed E-state index contributed by atoms with van der Waals surface area (Å²) in [5, 5.41) is 11.0. The number of hydrogen-bond donors (Lipinski definition) is 3. The quantitative estimate of drug-likeness (QED) is 0.154. The number of hydrogen-bond acceptors (Lipinski definition) is 7. The van der Waals surface area contributed by atoms with Crippen molar-refractivity contribution in [2.45, 2.75) is 19.9 Å². The van der Waals surface area contributed by atoms with Crippen molar-refractivity contribution in [1.82, 2.24) is 16.1 Å². The molecule has 3 aromatic rings. The van der Waals surface area contributed by atoms with Crippen molar-refractivity contribution in [1.29, 1.82) is 0 Å². The molecule has 196 valence electrons. The van der Waals surface area contributed by atoms with E-state index in [4.69, 9.17) is 37.7 Å². The average molecular weight is 553 g/mol. The lowest BCUT2D eigenvalue weighted by Gasteiger charge is -2.30. The molecule has 0 aliphatic carbocycles. The van der Waals surface area contributed by atoms with Gasteiger partial charge < -0.3 is 24.5 Å². The molecule has 0 saturated carbocycles. The smallest absolute Gasteiger partial charge is 0.338 e. The van der Waals surface area contributed by atoms with E-state index in [1.165, 1.54) is 6.21 Å². The fourth-order valence-corrected chi connectivity index (χ4v) is 4.19. The van der Waals surface area contributed by atoms with Gasteiger partial charge in [0.1, 0.15) is 17.3 Å². The minimum absolute atomic E-state index is 0.228. The van der Waals surface area contributed by atoms with Crippen LogP contribution in [0.1, 0.15) is 31.2 Å². The molecule has 4 rings (SSSR count). The third-order valence-corrected chi connectivity index (χ3v) is 5.96. The van der Waals surface area contributed by atoms with E-state index in [0.29, 0.717) is 44.2 Å². The monoisotopic (exact) mass is 552 g/mol. The molecule has 1 aromatic heterocycles. The van der Waals surface area contributed by atoms with E-state index in [2.05, 4.69) is 21.2 Å². The third kappa shape index (κ3) is 6.58. The largest absolute Gasteiger partial charge is 0.483 e. The summed E-state index contributed by atoms with van der Waals surface area (Å²) in [7, 11) is 0. The second-order valence-corrected chi connectivity index (χ2v) is 8.96. The zero-order valence-corrected chi connectivity index (χ0v) is 22.2. The molecule has 1 atom stereocenters. The number of carbonyl (C=O) groups excluding carboxylic acids is 2. The normalized spacial score (nSPS) is 15.1. The number of esters is 1. The second-order valence-electron chi connectivity index (χ2n) is 8.12. The number of halogens is 1. The molecule has 2 aromatic carbocycles. The van der Waals surface area contributed by atoms with E-state index in [1.807, 2.05) is 12.1 Å². The molecule has 0 fully saturated rings. The Morgan fingerprint density at radius 1 is 1.16 bits per heavy atom. The lowest BCUT2D eigenvalue weighted by molar-refractivity contribution is -0.139. The third-order valence-electron chi connectivity index (χ3n) is 5.49. The zero-order chi connectivity index (χ0) is 27.1. The number of nitrogens with one attached hydrogen (secondary N) is 3. The predicted molar refractivity (Wildman–Crippen MR) is 148 cm³/mol. The number of thiocarbonyl (C=S) groups is 1. The minimum Gasteiger partial charge on any atom is -0.483 e. The lowest BCUT2D eigenvalue weighted by atomic mass is 9.95. The molecule has 2 heterocycles. The van der Waals surface area contributed by atoms with Crippen LogP contribution in [0.25, 0.3) is 11.3 Å². The SMILES string of the molecule is CCOC(=O)C1=C(C)NC(=S)N[C@@H]1c1ccccc1OCC(=O)NN=Cc1ccc(-c2ccc(Cl)cc2)o1. The van der Waals surface area contributed by atoms with Gasteiger partial charge in [0.05, 0.1) is 24.4 Å². The van der Waals surface area contributed by atoms with Gasteiger partial charge in [-0.15, -0.1) is 0 Å². The molecule has 1 amide bonds. The molecule has 0 unspecified atom stereocenters. The van der Waals surface area contributed by atoms with Crippen LogP contribution in [0.15, 0.2) is 81.5 Å². The summed E-state index contributed by atoms with van der Waals surface area (Å²) in [6.07, 6.45) is 1.39. The van der Waals surface area contributed by atoms with Gasteiger partial charge in [0.15, 0.2) is 11.7 Å². The van der Waals surface area contributed by atoms with Crippen LogP contribution >= 0.6 is 23.8 Å². The number of amides is 1. The molecule has 1 aliphatic heterocycles. The standard InChI is InChI=1S/C27H25ClN4O5S/c1-3-35-26(34)24-16(2)30-27(38)31-25(24)20-6-4-5-7-22(20)36-15-23(33)32-29-14-19-12-13-21(37-19)17-8-10-18(28)11-9-17/h4-14,25H,3,15H2,1-2H3,(H,32,33)(H2,30,31,38)/t25-/m1/s1. The molecule has 0 spiro atoms. The molecule has 0 bridgehead atoms. The Morgan fingerprint density at radius 3 is 2.68 bits per heavy atom. The van der Waals surface area contributed by atoms with E-state index in [0.717, 1.165) is 5.56 Å². The van der Waals surface area contributed by atoms with Crippen LogP contribution in [-0.4, -0.2) is 36.4 Å². The van der Waals surface area contributed by atoms with Gasteiger partial charge in [-0.3, -0.25) is 4.79 Å². The number of carbonyl (C=O) groups is 2. The maximum absolute atomic E-state index is 12.7. The van der Waals surface area contributed by atoms with E-state index < -0.39 is 17.9 Å². The topological polar surface area (TPSA) is 114 Å². The van der Waals surface area contributed by atoms with Gasteiger partial charge in [-0.2, -0.15) is 5.10 Å². The first-order chi connectivity index (χ1) is 18.4. The molecule has 3 N–H and O–H groups in total. The molecule has 9 nitrogen and oxygen atoms in total. The zero-order valence-electron chi connectivity index (χ0n) is 20.6. The Bertz CT molecular complexity index is 1400. The van der Waals surface area contributed by atoms with E-state index in [-0.39, 0.29) is 13.2 Å². The van der Waals surface area contributed by atoms with Crippen molar-refractivity contribution in [2.75, 3.05) is 13.2 Å². The summed E-state index contributed by atoms with van der Waals surface area (Å²) >= 11 is 11.2. The van der Waals surface area contributed by atoms with Gasteiger partial charge in [-0.1, -0.05) is 29.8 Å². The Hall–Kier alpha value is -4.15. The average Bonchev–Trinajstić information content (AvgIpc) is 3.36. The van der Waals surface area contributed by atoms with E-state index >= 15 is 0 Å². The van der Waals surface area contributed by atoms with Crippen LogP contribution < -0.4 is 20.8 Å². The van der Waals surface area contributed by atoms with E-state index in [1.54, 1.807) is 62.4 Å². The number of ether oxygens (including phenoxy) is 2. The maximum atomic E-state index is 12.7. The molecule has 38 heavy (non-hydrogen) atoms. The minimum atomic E-state index is -0.617. The highest BCUT2D eigenvalue weighted by Crippen LogP contribution is 2.33. The fourth-order valence-electron chi connectivity index (χ4n) is 3.79. The number of rotatable bonds is 9. The number of benzene rings is 2. The van der Waals surface area contributed by atoms with Crippen LogP contribution in [0.3, 0.4) is 0 Å². The number of hydrazone groups is 1. The molecular formula is C27H25ClN4O5S. The Balaban J connectivity index is 1.40. The summed E-state index contributed by atoms with van der Waals surface area (Å²) in [6, 6.07) is 17.2. The highest BCUT2D eigenvalue weighted by molar-refractivity contribution is 7.80. The first-order valence-electron chi connectivity index (χ1n) is 11.7. The van der Waals surface area contributed by atoms with Gasteiger partial charge in [0.25, 0.3) is 5.91 Å². The first kappa shape index (κ1) is 26.9. The van der Waals surface area contributed by atoms with Crippen molar-refractivity contribution < 1.29 is 23.5 Å². The Morgan fingerprint density at radius 2 is 1.92 bits per heavy atom. The van der Waals surface area contributed by atoms with Crippen molar-refractivity contribution >= 4 is 47.0 Å². The molecule has 11 heteroatoms. The highest BCUT2D eigenvalue weighted by Gasteiger charge is 2.32.